The summed E-state index contributed by atoms with van der Waals surface area (Å²) in [6.45, 7) is 7.35. The van der Waals surface area contributed by atoms with Crippen LogP contribution >= 0.6 is 11.3 Å². The Bertz CT molecular complexity index is 579. The van der Waals surface area contributed by atoms with Gasteiger partial charge < -0.3 is 10.1 Å². The van der Waals surface area contributed by atoms with Crippen LogP contribution in [0.3, 0.4) is 0 Å². The Morgan fingerprint density at radius 3 is 2.62 bits per heavy atom. The van der Waals surface area contributed by atoms with Crippen molar-refractivity contribution in [1.29, 1.82) is 0 Å². The lowest BCUT2D eigenvalue weighted by atomic mass is 10.1. The molecule has 0 aliphatic heterocycles. The van der Waals surface area contributed by atoms with Crippen LogP contribution in [-0.4, -0.2) is 34.1 Å². The Labute approximate surface area is 129 Å². The van der Waals surface area contributed by atoms with Crippen molar-refractivity contribution >= 4 is 27.3 Å². The highest BCUT2D eigenvalue weighted by Crippen LogP contribution is 2.24. The number of sulfonamides is 1. The summed E-state index contributed by atoms with van der Waals surface area (Å²) in [5.74, 6) is 0.274. The SMILES string of the molecule is Cc1sc(C(=O)NCCOCCC(C)C)cc1S(N)(=O)=O. The van der Waals surface area contributed by atoms with Crippen molar-refractivity contribution < 1.29 is 17.9 Å². The van der Waals surface area contributed by atoms with Crippen molar-refractivity contribution in [3.63, 3.8) is 0 Å². The topological polar surface area (TPSA) is 98.5 Å². The normalized spacial score (nSPS) is 11.9. The molecular weight excluding hydrogens is 312 g/mol. The van der Waals surface area contributed by atoms with Crippen LogP contribution in [0.5, 0.6) is 0 Å². The smallest absolute Gasteiger partial charge is 0.261 e. The van der Waals surface area contributed by atoms with Crippen LogP contribution in [0.25, 0.3) is 0 Å². The summed E-state index contributed by atoms with van der Waals surface area (Å²) in [5.41, 5.74) is 0. The number of thiophene rings is 1. The summed E-state index contributed by atoms with van der Waals surface area (Å²) in [6.07, 6.45) is 0.982. The maximum atomic E-state index is 11.9. The van der Waals surface area contributed by atoms with Gasteiger partial charge in [0.25, 0.3) is 5.91 Å². The second-order valence-electron chi connectivity index (χ2n) is 5.13. The van der Waals surface area contributed by atoms with Crippen molar-refractivity contribution in [2.45, 2.75) is 32.1 Å². The third kappa shape index (κ3) is 6.13. The number of rotatable bonds is 8. The molecule has 120 valence electrons. The quantitative estimate of drug-likeness (QED) is 0.704. The minimum absolute atomic E-state index is 0.00540. The van der Waals surface area contributed by atoms with E-state index in [9.17, 15) is 13.2 Å². The lowest BCUT2D eigenvalue weighted by Crippen LogP contribution is -2.26. The van der Waals surface area contributed by atoms with E-state index in [4.69, 9.17) is 9.88 Å². The molecule has 0 saturated heterocycles. The molecule has 0 fully saturated rings. The molecule has 1 aromatic rings. The van der Waals surface area contributed by atoms with Gasteiger partial charge in [-0.05, 0) is 25.3 Å². The molecule has 0 radical (unpaired) electrons. The maximum Gasteiger partial charge on any atom is 0.261 e. The van der Waals surface area contributed by atoms with E-state index < -0.39 is 10.0 Å². The first-order chi connectivity index (χ1) is 9.71. The molecule has 0 unspecified atom stereocenters. The molecule has 3 N–H and O–H groups in total. The van der Waals surface area contributed by atoms with Gasteiger partial charge in [0, 0.05) is 18.0 Å². The van der Waals surface area contributed by atoms with Crippen LogP contribution < -0.4 is 10.5 Å². The molecule has 0 saturated carbocycles. The van der Waals surface area contributed by atoms with Gasteiger partial charge in [-0.25, -0.2) is 13.6 Å². The fraction of sp³-hybridized carbons (Fsp3) is 0.615. The van der Waals surface area contributed by atoms with Gasteiger partial charge in [-0.15, -0.1) is 11.3 Å². The Morgan fingerprint density at radius 1 is 1.43 bits per heavy atom. The fourth-order valence-electron chi connectivity index (χ4n) is 1.60. The number of hydrogen-bond acceptors (Lipinski definition) is 5. The van der Waals surface area contributed by atoms with Crippen molar-refractivity contribution in [3.05, 3.63) is 15.8 Å². The molecule has 21 heavy (non-hydrogen) atoms. The number of primary sulfonamides is 1. The molecule has 0 atom stereocenters. The van der Waals surface area contributed by atoms with Gasteiger partial charge in [-0.2, -0.15) is 0 Å². The lowest BCUT2D eigenvalue weighted by Gasteiger charge is -2.07. The van der Waals surface area contributed by atoms with Crippen LogP contribution in [0.4, 0.5) is 0 Å². The molecule has 0 aliphatic carbocycles. The third-order valence-corrected chi connectivity index (χ3v) is 4.99. The summed E-state index contributed by atoms with van der Waals surface area (Å²) in [7, 11) is -3.78. The minimum atomic E-state index is -3.78. The fourth-order valence-corrected chi connectivity index (χ4v) is 3.67. The van der Waals surface area contributed by atoms with E-state index in [1.54, 1.807) is 6.92 Å². The zero-order valence-electron chi connectivity index (χ0n) is 12.5. The number of nitrogens with two attached hydrogens (primary N) is 1. The zero-order chi connectivity index (χ0) is 16.0. The highest BCUT2D eigenvalue weighted by molar-refractivity contribution is 7.89. The molecule has 8 heteroatoms. The number of ether oxygens (including phenoxy) is 1. The number of hydrogen-bond donors (Lipinski definition) is 2. The molecule has 1 heterocycles. The summed E-state index contributed by atoms with van der Waals surface area (Å²) < 4.78 is 28.0. The van der Waals surface area contributed by atoms with Crippen LogP contribution in [0.15, 0.2) is 11.0 Å². The average molecular weight is 334 g/mol. The molecule has 0 spiro atoms. The minimum Gasteiger partial charge on any atom is -0.380 e. The first kappa shape index (κ1) is 18.1. The van der Waals surface area contributed by atoms with Gasteiger partial charge in [0.2, 0.25) is 10.0 Å². The molecule has 1 rings (SSSR count). The van der Waals surface area contributed by atoms with Crippen molar-refractivity contribution in [3.8, 4) is 0 Å². The van der Waals surface area contributed by atoms with E-state index in [0.29, 0.717) is 35.4 Å². The first-order valence-corrected chi connectivity index (χ1v) is 9.07. The van der Waals surface area contributed by atoms with Gasteiger partial charge in [0.05, 0.1) is 16.4 Å². The second kappa shape index (κ2) is 7.88. The molecular formula is C13H22N2O4S2. The molecule has 1 amide bonds. The van der Waals surface area contributed by atoms with E-state index in [2.05, 4.69) is 19.2 Å². The Kier molecular flexibility index (Phi) is 6.79. The van der Waals surface area contributed by atoms with Gasteiger partial charge >= 0.3 is 0 Å². The summed E-state index contributed by atoms with van der Waals surface area (Å²) >= 11 is 1.11. The summed E-state index contributed by atoms with van der Waals surface area (Å²) in [4.78, 5) is 12.7. The first-order valence-electron chi connectivity index (χ1n) is 6.71. The van der Waals surface area contributed by atoms with E-state index in [-0.39, 0.29) is 10.8 Å². The van der Waals surface area contributed by atoms with E-state index in [1.165, 1.54) is 6.07 Å². The Morgan fingerprint density at radius 2 is 2.10 bits per heavy atom. The molecule has 0 aromatic carbocycles. The highest BCUT2D eigenvalue weighted by atomic mass is 32.2. The highest BCUT2D eigenvalue weighted by Gasteiger charge is 2.18. The second-order valence-corrected chi connectivity index (χ2v) is 7.91. The molecule has 0 aliphatic rings. The van der Waals surface area contributed by atoms with Gasteiger partial charge in [0.1, 0.15) is 0 Å². The van der Waals surface area contributed by atoms with Crippen molar-refractivity contribution in [2.24, 2.45) is 11.1 Å². The number of carbonyl (C=O) groups is 1. The van der Waals surface area contributed by atoms with Gasteiger partial charge in [-0.3, -0.25) is 4.79 Å². The lowest BCUT2D eigenvalue weighted by molar-refractivity contribution is 0.0909. The number of amides is 1. The standard InChI is InChI=1S/C13H22N2O4S2/c1-9(2)4-6-19-7-5-15-13(16)11-8-12(10(3)20-11)21(14,17)18/h8-9H,4-7H2,1-3H3,(H,15,16)(H2,14,17,18). The van der Waals surface area contributed by atoms with E-state index in [1.807, 2.05) is 0 Å². The van der Waals surface area contributed by atoms with E-state index >= 15 is 0 Å². The Hall–Kier alpha value is -0.960. The largest absolute Gasteiger partial charge is 0.380 e. The van der Waals surface area contributed by atoms with Gasteiger partial charge in [-0.1, -0.05) is 13.8 Å². The monoisotopic (exact) mass is 334 g/mol. The zero-order valence-corrected chi connectivity index (χ0v) is 14.1. The molecule has 1 aromatic heterocycles. The van der Waals surface area contributed by atoms with Crippen molar-refractivity contribution in [2.75, 3.05) is 19.8 Å². The predicted molar refractivity (Wildman–Crippen MR) is 83.0 cm³/mol. The van der Waals surface area contributed by atoms with Crippen LogP contribution in [-0.2, 0) is 14.8 Å². The number of aryl methyl sites for hydroxylation is 1. The predicted octanol–water partition coefficient (Wildman–Crippen LogP) is 1.50. The summed E-state index contributed by atoms with van der Waals surface area (Å²) in [5, 5.41) is 7.77. The molecule has 6 nitrogen and oxygen atoms in total. The van der Waals surface area contributed by atoms with Gasteiger partial charge in [0.15, 0.2) is 0 Å². The summed E-state index contributed by atoms with van der Waals surface area (Å²) in [6, 6.07) is 1.31. The van der Waals surface area contributed by atoms with E-state index in [0.717, 1.165) is 17.8 Å². The third-order valence-electron chi connectivity index (χ3n) is 2.77. The van der Waals surface area contributed by atoms with Crippen LogP contribution in [0.1, 0.15) is 34.8 Å². The average Bonchev–Trinajstić information content (AvgIpc) is 2.75. The Balaban J connectivity index is 2.43. The number of nitrogens with one attached hydrogen (secondary N) is 1. The van der Waals surface area contributed by atoms with Crippen LogP contribution in [0, 0.1) is 12.8 Å². The maximum absolute atomic E-state index is 11.9. The number of carbonyl (C=O) groups excluding carboxylic acids is 1. The van der Waals surface area contributed by atoms with Crippen LogP contribution in [0.2, 0.25) is 0 Å². The van der Waals surface area contributed by atoms with Crippen molar-refractivity contribution in [1.82, 2.24) is 5.32 Å². The molecule has 0 bridgehead atoms.